The molecule has 0 spiro atoms. The zero-order valence-electron chi connectivity index (χ0n) is 14.2. The molecule has 0 fully saturated rings. The molecule has 0 unspecified atom stereocenters. The maximum atomic E-state index is 13.6. The molecular weight excluding hydrogens is 367 g/mol. The Bertz CT molecular complexity index is 881. The summed E-state index contributed by atoms with van der Waals surface area (Å²) in [5.74, 6) is 0.257. The molecule has 10 heteroatoms. The number of ether oxygens (including phenoxy) is 3. The summed E-state index contributed by atoms with van der Waals surface area (Å²) in [7, 11) is 1.16. The standard InChI is InChI=1S/C17H16F3N3O4/c1-25-16(24)10-8-21-23-14(17(18,19)20)7-11(22-15(10)23)9-2-3-12-13(6-9)27-5-4-26-12/h2-3,6,8,11,14,22H,4-5,7H2,1H3/t11-,14-/m1/s1. The van der Waals surface area contributed by atoms with Gasteiger partial charge in [0.2, 0.25) is 0 Å². The molecule has 2 aliphatic heterocycles. The highest BCUT2D eigenvalue weighted by Gasteiger charge is 2.47. The number of anilines is 1. The van der Waals surface area contributed by atoms with E-state index >= 15 is 0 Å². The number of alkyl halides is 3. The number of rotatable bonds is 2. The quantitative estimate of drug-likeness (QED) is 0.804. The minimum atomic E-state index is -4.53. The summed E-state index contributed by atoms with van der Waals surface area (Å²) < 4.78 is 57.3. The number of carbonyl (C=O) groups excluding carboxylic acids is 1. The van der Waals surface area contributed by atoms with Crippen LogP contribution in [0.5, 0.6) is 11.5 Å². The first-order chi connectivity index (χ1) is 12.9. The molecule has 0 aliphatic carbocycles. The molecule has 0 saturated carbocycles. The van der Waals surface area contributed by atoms with Crippen molar-refractivity contribution in [3.63, 3.8) is 0 Å². The van der Waals surface area contributed by atoms with E-state index in [9.17, 15) is 18.0 Å². The molecule has 2 atom stereocenters. The van der Waals surface area contributed by atoms with E-state index in [1.807, 2.05) is 0 Å². The van der Waals surface area contributed by atoms with Crippen LogP contribution in [-0.4, -0.2) is 42.2 Å². The SMILES string of the molecule is COC(=O)c1cnn2c1N[C@@H](c1ccc3c(c1)OCCO3)C[C@@H]2C(F)(F)F. The summed E-state index contributed by atoms with van der Waals surface area (Å²) in [6.07, 6.45) is -3.72. The average molecular weight is 383 g/mol. The molecular formula is C17H16F3N3O4. The Morgan fingerprint density at radius 3 is 2.74 bits per heavy atom. The number of aromatic nitrogens is 2. The van der Waals surface area contributed by atoms with Crippen LogP contribution >= 0.6 is 0 Å². The minimum absolute atomic E-state index is 0.0182. The van der Waals surface area contributed by atoms with Crippen LogP contribution in [0.1, 0.15) is 34.4 Å². The van der Waals surface area contributed by atoms with E-state index in [0.717, 1.165) is 18.0 Å². The zero-order chi connectivity index (χ0) is 19.2. The smallest absolute Gasteiger partial charge is 0.410 e. The average Bonchev–Trinajstić information content (AvgIpc) is 3.09. The van der Waals surface area contributed by atoms with Crippen LogP contribution in [-0.2, 0) is 4.74 Å². The molecule has 1 aromatic carbocycles. The fraction of sp³-hybridized carbons (Fsp3) is 0.412. The van der Waals surface area contributed by atoms with Gasteiger partial charge in [0.1, 0.15) is 24.6 Å². The number of nitrogens with one attached hydrogen (secondary N) is 1. The molecule has 144 valence electrons. The van der Waals surface area contributed by atoms with Crippen LogP contribution < -0.4 is 14.8 Å². The van der Waals surface area contributed by atoms with Gasteiger partial charge < -0.3 is 19.5 Å². The molecule has 1 N–H and O–H groups in total. The molecule has 0 radical (unpaired) electrons. The third-order valence-electron chi connectivity index (χ3n) is 4.61. The third kappa shape index (κ3) is 3.04. The van der Waals surface area contributed by atoms with Crippen LogP contribution in [0.25, 0.3) is 0 Å². The largest absolute Gasteiger partial charge is 0.486 e. The van der Waals surface area contributed by atoms with Gasteiger partial charge in [-0.3, -0.25) is 0 Å². The summed E-state index contributed by atoms with van der Waals surface area (Å²) in [6, 6.07) is 2.44. The van der Waals surface area contributed by atoms with E-state index in [1.165, 1.54) is 0 Å². The van der Waals surface area contributed by atoms with Crippen molar-refractivity contribution in [2.45, 2.75) is 24.7 Å². The monoisotopic (exact) mass is 383 g/mol. The highest BCUT2D eigenvalue weighted by atomic mass is 19.4. The van der Waals surface area contributed by atoms with Crippen molar-refractivity contribution in [2.75, 3.05) is 25.6 Å². The number of benzene rings is 1. The molecule has 2 aliphatic rings. The number of methoxy groups -OCH3 is 1. The van der Waals surface area contributed by atoms with Gasteiger partial charge >= 0.3 is 12.1 Å². The molecule has 2 aromatic rings. The van der Waals surface area contributed by atoms with Gasteiger partial charge in [0.25, 0.3) is 0 Å². The van der Waals surface area contributed by atoms with Crippen molar-refractivity contribution in [1.29, 1.82) is 0 Å². The lowest BCUT2D eigenvalue weighted by molar-refractivity contribution is -0.173. The number of halogens is 3. The Morgan fingerprint density at radius 2 is 2.04 bits per heavy atom. The molecule has 0 amide bonds. The van der Waals surface area contributed by atoms with E-state index in [2.05, 4.69) is 15.2 Å². The van der Waals surface area contributed by atoms with Crippen LogP contribution in [0, 0.1) is 0 Å². The third-order valence-corrected chi connectivity index (χ3v) is 4.61. The molecule has 4 rings (SSSR count). The van der Waals surface area contributed by atoms with Crippen LogP contribution in [0.4, 0.5) is 19.0 Å². The van der Waals surface area contributed by atoms with Crippen molar-refractivity contribution in [2.24, 2.45) is 0 Å². The lowest BCUT2D eigenvalue weighted by atomic mass is 9.96. The van der Waals surface area contributed by atoms with E-state index in [-0.39, 0.29) is 17.8 Å². The lowest BCUT2D eigenvalue weighted by Gasteiger charge is -2.34. The summed E-state index contributed by atoms with van der Waals surface area (Å²) >= 11 is 0. The Kier molecular flexibility index (Phi) is 4.12. The molecule has 0 bridgehead atoms. The fourth-order valence-electron chi connectivity index (χ4n) is 3.32. The van der Waals surface area contributed by atoms with Crippen molar-refractivity contribution in [3.05, 3.63) is 35.5 Å². The first kappa shape index (κ1) is 17.5. The van der Waals surface area contributed by atoms with Gasteiger partial charge in [-0.05, 0) is 17.7 Å². The number of fused-ring (bicyclic) bond motifs is 2. The lowest BCUT2D eigenvalue weighted by Crippen LogP contribution is -2.36. The maximum Gasteiger partial charge on any atom is 0.410 e. The van der Waals surface area contributed by atoms with Crippen LogP contribution in [0.3, 0.4) is 0 Å². The molecule has 27 heavy (non-hydrogen) atoms. The Balaban J connectivity index is 1.74. The molecule has 1 aromatic heterocycles. The highest BCUT2D eigenvalue weighted by molar-refractivity contribution is 5.94. The summed E-state index contributed by atoms with van der Waals surface area (Å²) in [4.78, 5) is 11.9. The Hall–Kier alpha value is -2.91. The second-order valence-corrected chi connectivity index (χ2v) is 6.24. The number of hydrogen-bond acceptors (Lipinski definition) is 6. The predicted octanol–water partition coefficient (Wildman–Crippen LogP) is 3.10. The molecule has 3 heterocycles. The van der Waals surface area contributed by atoms with Crippen LogP contribution in [0.2, 0.25) is 0 Å². The van der Waals surface area contributed by atoms with E-state index in [1.54, 1.807) is 18.2 Å². The maximum absolute atomic E-state index is 13.6. The zero-order valence-corrected chi connectivity index (χ0v) is 14.2. The summed E-state index contributed by atoms with van der Waals surface area (Å²) in [6.45, 7) is 0.796. The van der Waals surface area contributed by atoms with Gasteiger partial charge in [0.15, 0.2) is 17.5 Å². The van der Waals surface area contributed by atoms with E-state index in [0.29, 0.717) is 30.3 Å². The fourth-order valence-corrected chi connectivity index (χ4v) is 3.32. The summed E-state index contributed by atoms with van der Waals surface area (Å²) in [5.41, 5.74) is 0.547. The van der Waals surface area contributed by atoms with Gasteiger partial charge in [-0.25, -0.2) is 9.48 Å². The van der Waals surface area contributed by atoms with Crippen molar-refractivity contribution >= 4 is 11.8 Å². The van der Waals surface area contributed by atoms with Crippen molar-refractivity contribution < 1.29 is 32.2 Å². The number of hydrogen-bond donors (Lipinski definition) is 1. The Morgan fingerprint density at radius 1 is 1.30 bits per heavy atom. The highest BCUT2D eigenvalue weighted by Crippen LogP contribution is 2.45. The Labute approximate surface area is 152 Å². The number of esters is 1. The van der Waals surface area contributed by atoms with Gasteiger partial charge in [-0.1, -0.05) is 6.07 Å². The first-order valence-corrected chi connectivity index (χ1v) is 8.27. The van der Waals surface area contributed by atoms with E-state index < -0.39 is 24.2 Å². The first-order valence-electron chi connectivity index (χ1n) is 8.27. The topological polar surface area (TPSA) is 74.6 Å². The van der Waals surface area contributed by atoms with Gasteiger partial charge in [-0.2, -0.15) is 18.3 Å². The number of nitrogens with zero attached hydrogens (tertiary/aromatic N) is 2. The van der Waals surface area contributed by atoms with Crippen molar-refractivity contribution in [1.82, 2.24) is 9.78 Å². The summed E-state index contributed by atoms with van der Waals surface area (Å²) in [5, 5.41) is 6.75. The van der Waals surface area contributed by atoms with Gasteiger partial charge in [-0.15, -0.1) is 0 Å². The molecule has 0 saturated heterocycles. The van der Waals surface area contributed by atoms with E-state index in [4.69, 9.17) is 9.47 Å². The molecule has 7 nitrogen and oxygen atoms in total. The van der Waals surface area contributed by atoms with Crippen molar-refractivity contribution in [3.8, 4) is 11.5 Å². The normalized spacial score (nSPS) is 21.2. The predicted molar refractivity (Wildman–Crippen MR) is 87.1 cm³/mol. The minimum Gasteiger partial charge on any atom is -0.486 e. The van der Waals surface area contributed by atoms with Gasteiger partial charge in [0, 0.05) is 6.42 Å². The van der Waals surface area contributed by atoms with Crippen LogP contribution in [0.15, 0.2) is 24.4 Å². The van der Waals surface area contributed by atoms with Gasteiger partial charge in [0.05, 0.1) is 19.3 Å². The second kappa shape index (κ2) is 6.36. The second-order valence-electron chi connectivity index (χ2n) is 6.24. The number of carbonyl (C=O) groups is 1.